The van der Waals surface area contributed by atoms with Gasteiger partial charge in [-0.25, -0.2) is 0 Å². The maximum atomic E-state index is 14.0. The van der Waals surface area contributed by atoms with E-state index < -0.39 is 43.1 Å². The topological polar surface area (TPSA) is 145 Å². The van der Waals surface area contributed by atoms with Gasteiger partial charge in [0.15, 0.2) is 11.9 Å². The Morgan fingerprint density at radius 3 is 2.29 bits per heavy atom. The summed E-state index contributed by atoms with van der Waals surface area (Å²) >= 11 is 4.08. The number of benzene rings is 3. The van der Waals surface area contributed by atoms with Crippen molar-refractivity contribution in [3.05, 3.63) is 102 Å². The van der Waals surface area contributed by atoms with Crippen LogP contribution in [0, 0.1) is 0 Å². The number of nitrogens with zero attached hydrogens (tertiary/aromatic N) is 3. The molecule has 4 N–H and O–H groups in total. The number of nitrogens with one attached hydrogen (secondary N) is 1. The first-order valence-corrected chi connectivity index (χ1v) is 13.6. The summed E-state index contributed by atoms with van der Waals surface area (Å²) in [4.78, 5) is 58.9. The van der Waals surface area contributed by atoms with E-state index in [1.807, 2.05) is 36.4 Å². The normalized spacial score (nSPS) is 15.4. The highest BCUT2D eigenvalue weighted by molar-refractivity contribution is 7.80. The van der Waals surface area contributed by atoms with Crippen molar-refractivity contribution >= 4 is 47.6 Å². The van der Waals surface area contributed by atoms with Gasteiger partial charge in [-0.3, -0.25) is 34.4 Å². The average molecular weight is 574 g/mol. The minimum Gasteiger partial charge on any atom is -0.480 e. The van der Waals surface area contributed by atoms with Gasteiger partial charge < -0.3 is 15.7 Å². The van der Waals surface area contributed by atoms with Crippen molar-refractivity contribution in [2.75, 3.05) is 30.3 Å². The van der Waals surface area contributed by atoms with Crippen molar-refractivity contribution in [2.24, 2.45) is 10.7 Å². The molecule has 2 amide bonds. The number of hydrogen-bond acceptors (Lipinski definition) is 8. The fourth-order valence-electron chi connectivity index (χ4n) is 4.42. The molecule has 2 atom stereocenters. The number of carboxylic acids is 1. The Bertz CT molecular complexity index is 1430. The predicted molar refractivity (Wildman–Crippen MR) is 159 cm³/mol. The number of Topliss-reactive ketones (excluding diaryl/α,β-unsaturated/α-hetero) is 1. The van der Waals surface area contributed by atoms with Gasteiger partial charge in [-0.05, 0) is 11.6 Å². The largest absolute Gasteiger partial charge is 0.480 e. The highest BCUT2D eigenvalue weighted by Crippen LogP contribution is 2.28. The number of rotatable bonds is 12. The van der Waals surface area contributed by atoms with E-state index in [9.17, 15) is 24.3 Å². The number of thiol groups is 1. The average Bonchev–Trinajstić information content (AvgIpc) is 3.10. The van der Waals surface area contributed by atoms with Crippen LogP contribution in [0.5, 0.6) is 0 Å². The number of aliphatic imine (C=N–C) groups is 1. The molecule has 1 heterocycles. The number of carboxylic acid groups (broad SMARTS) is 1. The third-order valence-electron chi connectivity index (χ3n) is 6.52. The minimum absolute atomic E-state index is 0.0548. The van der Waals surface area contributed by atoms with Gasteiger partial charge in [0.05, 0.1) is 24.0 Å². The number of benzodiazepines with no additional fused rings is 1. The molecule has 0 spiro atoms. The van der Waals surface area contributed by atoms with Gasteiger partial charge in [0.2, 0.25) is 5.91 Å². The monoisotopic (exact) mass is 573 g/mol. The molecule has 1 aliphatic rings. The number of nitrogens with two attached hydrogens (primary N) is 1. The SMILES string of the molecule is NC(CS)C(=O)CNC1N=C(c2ccccc2)c2ccccc2N(CC(=O)N(CC(=O)O)Cc2ccccc2)C1=O. The third kappa shape index (κ3) is 7.46. The number of carbonyl (C=O) groups excluding carboxylic acids is 3. The van der Waals surface area contributed by atoms with Crippen molar-refractivity contribution in [1.29, 1.82) is 0 Å². The Labute approximate surface area is 243 Å². The number of hydrogen-bond donors (Lipinski definition) is 4. The molecule has 0 radical (unpaired) electrons. The van der Waals surface area contributed by atoms with Gasteiger partial charge in [-0.15, -0.1) is 0 Å². The summed E-state index contributed by atoms with van der Waals surface area (Å²) in [7, 11) is 0. The Morgan fingerprint density at radius 2 is 1.63 bits per heavy atom. The molecule has 0 bridgehead atoms. The van der Waals surface area contributed by atoms with Crippen molar-refractivity contribution < 1.29 is 24.3 Å². The molecule has 0 aromatic heterocycles. The van der Waals surface area contributed by atoms with E-state index in [0.29, 0.717) is 17.0 Å². The lowest BCUT2D eigenvalue weighted by Gasteiger charge is -2.28. The van der Waals surface area contributed by atoms with Gasteiger partial charge in [-0.2, -0.15) is 12.6 Å². The predicted octanol–water partition coefficient (Wildman–Crippen LogP) is 1.73. The number of fused-ring (bicyclic) bond motifs is 1. The molecule has 3 aromatic rings. The van der Waals surface area contributed by atoms with Crippen molar-refractivity contribution in [2.45, 2.75) is 18.8 Å². The fraction of sp³-hybridized carbons (Fsp3) is 0.233. The summed E-state index contributed by atoms with van der Waals surface area (Å²) in [6, 6.07) is 24.5. The Balaban J connectivity index is 1.72. The highest BCUT2D eigenvalue weighted by Gasteiger charge is 2.34. The smallest absolute Gasteiger partial charge is 0.323 e. The second kappa shape index (κ2) is 13.8. The maximum Gasteiger partial charge on any atom is 0.323 e. The van der Waals surface area contributed by atoms with Crippen LogP contribution >= 0.6 is 12.6 Å². The molecule has 10 nitrogen and oxygen atoms in total. The summed E-state index contributed by atoms with van der Waals surface area (Å²) in [5.41, 5.74) is 8.85. The zero-order valence-electron chi connectivity index (χ0n) is 22.2. The van der Waals surface area contributed by atoms with Crippen LogP contribution in [-0.2, 0) is 25.7 Å². The van der Waals surface area contributed by atoms with Gasteiger partial charge in [0, 0.05) is 23.4 Å². The molecule has 212 valence electrons. The molecule has 11 heteroatoms. The van der Waals surface area contributed by atoms with Gasteiger partial charge in [0.25, 0.3) is 5.91 Å². The molecule has 0 saturated carbocycles. The summed E-state index contributed by atoms with van der Waals surface area (Å²) < 4.78 is 0. The summed E-state index contributed by atoms with van der Waals surface area (Å²) in [5.74, 6) is -2.51. The van der Waals surface area contributed by atoms with E-state index in [1.165, 1.54) is 9.80 Å². The number of para-hydroxylation sites is 1. The third-order valence-corrected chi connectivity index (χ3v) is 6.92. The zero-order chi connectivity index (χ0) is 29.4. The highest BCUT2D eigenvalue weighted by atomic mass is 32.1. The Kier molecular flexibility index (Phi) is 10.0. The van der Waals surface area contributed by atoms with Crippen LogP contribution in [0.2, 0.25) is 0 Å². The second-order valence-corrected chi connectivity index (χ2v) is 9.82. The number of amides is 2. The Hall–Kier alpha value is -4.32. The maximum absolute atomic E-state index is 14.0. The van der Waals surface area contributed by atoms with Crippen LogP contribution in [0.15, 0.2) is 89.9 Å². The molecule has 3 aromatic carbocycles. The Morgan fingerprint density at radius 1 is 1.00 bits per heavy atom. The first-order valence-electron chi connectivity index (χ1n) is 13.0. The molecular weight excluding hydrogens is 542 g/mol. The van der Waals surface area contributed by atoms with Gasteiger partial charge in [0.1, 0.15) is 13.1 Å². The molecule has 0 fully saturated rings. The fourth-order valence-corrected chi connectivity index (χ4v) is 4.62. The van der Waals surface area contributed by atoms with Crippen LogP contribution in [-0.4, -0.2) is 76.9 Å². The van der Waals surface area contributed by atoms with E-state index >= 15 is 0 Å². The van der Waals surface area contributed by atoms with Crippen LogP contribution in [0.1, 0.15) is 16.7 Å². The lowest BCUT2D eigenvalue weighted by Crippen LogP contribution is -2.51. The lowest BCUT2D eigenvalue weighted by atomic mass is 10.0. The van der Waals surface area contributed by atoms with Gasteiger partial charge >= 0.3 is 5.97 Å². The van der Waals surface area contributed by atoms with Crippen LogP contribution in [0.4, 0.5) is 5.69 Å². The molecule has 0 saturated heterocycles. The molecule has 1 aliphatic heterocycles. The number of ketones is 1. The summed E-state index contributed by atoms with van der Waals surface area (Å²) in [6.07, 6.45) is -1.22. The van der Waals surface area contributed by atoms with E-state index in [0.717, 1.165) is 11.1 Å². The first-order chi connectivity index (χ1) is 19.8. The number of aliphatic carboxylic acids is 1. The first kappa shape index (κ1) is 29.7. The number of carbonyl (C=O) groups is 4. The van der Waals surface area contributed by atoms with E-state index in [2.05, 4.69) is 17.9 Å². The molecule has 41 heavy (non-hydrogen) atoms. The summed E-state index contributed by atoms with van der Waals surface area (Å²) in [6.45, 7) is -1.16. The summed E-state index contributed by atoms with van der Waals surface area (Å²) in [5, 5.41) is 12.4. The molecule has 2 unspecified atom stereocenters. The zero-order valence-corrected chi connectivity index (χ0v) is 23.1. The minimum atomic E-state index is -1.22. The van der Waals surface area contributed by atoms with E-state index in [4.69, 9.17) is 10.7 Å². The second-order valence-electron chi connectivity index (χ2n) is 9.45. The van der Waals surface area contributed by atoms with Crippen molar-refractivity contribution in [3.8, 4) is 0 Å². The lowest BCUT2D eigenvalue weighted by molar-refractivity contribution is -0.144. The molecule has 0 aliphatic carbocycles. The van der Waals surface area contributed by atoms with E-state index in [-0.39, 0.29) is 24.6 Å². The van der Waals surface area contributed by atoms with Crippen molar-refractivity contribution in [3.63, 3.8) is 0 Å². The molecular formula is C30H31N5O5S. The standard InChI is InChI=1S/C30H31N5O5S/c31-23(19-41)25(36)15-32-29-30(40)35(17-26(37)34(18-27(38)39)16-20-9-3-1-4-10-20)24-14-8-7-13-22(24)28(33-29)21-11-5-2-6-12-21/h1-14,23,29,32,41H,15-19,31H2,(H,38,39). The number of anilines is 1. The quantitative estimate of drug-likeness (QED) is 0.242. The molecule has 4 rings (SSSR count). The van der Waals surface area contributed by atoms with Crippen LogP contribution < -0.4 is 16.0 Å². The van der Waals surface area contributed by atoms with Crippen LogP contribution in [0.3, 0.4) is 0 Å². The van der Waals surface area contributed by atoms with Crippen LogP contribution in [0.25, 0.3) is 0 Å². The van der Waals surface area contributed by atoms with Gasteiger partial charge in [-0.1, -0.05) is 78.9 Å². The van der Waals surface area contributed by atoms with Crippen molar-refractivity contribution in [1.82, 2.24) is 10.2 Å². The van der Waals surface area contributed by atoms with E-state index in [1.54, 1.807) is 48.5 Å².